The number of aryl methyl sites for hydroxylation is 1. The summed E-state index contributed by atoms with van der Waals surface area (Å²) in [7, 11) is 0. The number of nitrogens with one attached hydrogen (secondary N) is 1. The molecule has 1 aliphatic rings. The molecule has 1 N–H and O–H groups in total. The number of likely N-dealkylation sites (tertiary alicyclic amines) is 1. The van der Waals surface area contributed by atoms with E-state index in [1.807, 2.05) is 6.92 Å². The zero-order valence-electron chi connectivity index (χ0n) is 15.3. The Kier molecular flexibility index (Phi) is 5.42. The van der Waals surface area contributed by atoms with Crippen LogP contribution >= 0.6 is 11.3 Å². The van der Waals surface area contributed by atoms with Crippen molar-refractivity contribution in [1.29, 1.82) is 0 Å². The highest BCUT2D eigenvalue weighted by molar-refractivity contribution is 7.09. The summed E-state index contributed by atoms with van der Waals surface area (Å²) >= 11 is 1.76. The Bertz CT molecular complexity index is 650. The molecule has 0 spiro atoms. The molecular formula is C19H29N3OS. The first-order valence-electron chi connectivity index (χ1n) is 8.89. The fourth-order valence-corrected chi connectivity index (χ4v) is 4.07. The van der Waals surface area contributed by atoms with Crippen LogP contribution in [-0.2, 0) is 12.0 Å². The summed E-state index contributed by atoms with van der Waals surface area (Å²) in [4.78, 5) is 7.31. The van der Waals surface area contributed by atoms with Gasteiger partial charge >= 0.3 is 0 Å². The molecule has 1 unspecified atom stereocenters. The molecular weight excluding hydrogens is 318 g/mol. The van der Waals surface area contributed by atoms with Gasteiger partial charge in [-0.25, -0.2) is 4.98 Å². The standard InChI is InChI=1S/C19H29N3OS/c1-14-7-8-17(23-14)16(22-9-5-6-10-22)12-20-11-15-13-24-18(21-15)19(2,3)4/h7-8,13,16,20H,5-6,9-12H2,1-4H3. The van der Waals surface area contributed by atoms with Gasteiger partial charge in [-0.2, -0.15) is 0 Å². The fourth-order valence-electron chi connectivity index (χ4n) is 3.17. The molecule has 1 atom stereocenters. The topological polar surface area (TPSA) is 41.3 Å². The third-order valence-electron chi connectivity index (χ3n) is 4.51. The van der Waals surface area contributed by atoms with Crippen molar-refractivity contribution >= 4 is 11.3 Å². The van der Waals surface area contributed by atoms with Crippen molar-refractivity contribution in [2.24, 2.45) is 0 Å². The summed E-state index contributed by atoms with van der Waals surface area (Å²) in [6, 6.07) is 4.51. The Morgan fingerprint density at radius 2 is 2.04 bits per heavy atom. The normalized spacial score (nSPS) is 17.5. The second-order valence-corrected chi connectivity index (χ2v) is 8.59. The maximum atomic E-state index is 5.91. The van der Waals surface area contributed by atoms with Gasteiger partial charge < -0.3 is 9.73 Å². The molecule has 0 radical (unpaired) electrons. The van der Waals surface area contributed by atoms with Crippen LogP contribution in [-0.4, -0.2) is 29.5 Å². The number of furan rings is 1. The molecule has 0 aliphatic carbocycles. The van der Waals surface area contributed by atoms with Gasteiger partial charge in [0.05, 0.1) is 16.7 Å². The molecule has 132 valence electrons. The summed E-state index contributed by atoms with van der Waals surface area (Å²) < 4.78 is 5.91. The van der Waals surface area contributed by atoms with Gasteiger partial charge in [0.25, 0.3) is 0 Å². The van der Waals surface area contributed by atoms with E-state index in [0.717, 1.165) is 43.4 Å². The van der Waals surface area contributed by atoms with Crippen LogP contribution < -0.4 is 5.32 Å². The number of nitrogens with zero attached hydrogens (tertiary/aromatic N) is 2. The minimum atomic E-state index is 0.132. The molecule has 5 heteroatoms. The van der Waals surface area contributed by atoms with E-state index in [1.165, 1.54) is 17.8 Å². The van der Waals surface area contributed by atoms with Crippen LogP contribution in [0.25, 0.3) is 0 Å². The van der Waals surface area contributed by atoms with Gasteiger partial charge in [0.1, 0.15) is 11.5 Å². The van der Waals surface area contributed by atoms with Gasteiger partial charge in [-0.05, 0) is 45.0 Å². The minimum absolute atomic E-state index is 0.132. The predicted molar refractivity (Wildman–Crippen MR) is 99.5 cm³/mol. The molecule has 2 aromatic rings. The van der Waals surface area contributed by atoms with E-state index < -0.39 is 0 Å². The maximum Gasteiger partial charge on any atom is 0.122 e. The lowest BCUT2D eigenvalue weighted by molar-refractivity contribution is 0.207. The first-order chi connectivity index (χ1) is 11.4. The molecule has 0 amide bonds. The third kappa shape index (κ3) is 4.26. The molecule has 3 heterocycles. The Hall–Kier alpha value is -1.17. The fraction of sp³-hybridized carbons (Fsp3) is 0.632. The van der Waals surface area contributed by atoms with Crippen molar-refractivity contribution in [3.8, 4) is 0 Å². The van der Waals surface area contributed by atoms with E-state index in [1.54, 1.807) is 11.3 Å². The Labute approximate surface area is 149 Å². The van der Waals surface area contributed by atoms with Gasteiger partial charge in [0, 0.05) is 23.9 Å². The molecule has 4 nitrogen and oxygen atoms in total. The van der Waals surface area contributed by atoms with Crippen LogP contribution in [0.4, 0.5) is 0 Å². The lowest BCUT2D eigenvalue weighted by atomic mass is 9.98. The SMILES string of the molecule is Cc1ccc(C(CNCc2csc(C(C)(C)C)n2)N2CCCC2)o1. The molecule has 1 aliphatic heterocycles. The first kappa shape index (κ1) is 17.6. The quantitative estimate of drug-likeness (QED) is 0.847. The highest BCUT2D eigenvalue weighted by atomic mass is 32.1. The van der Waals surface area contributed by atoms with Crippen LogP contribution in [0.5, 0.6) is 0 Å². The second kappa shape index (κ2) is 7.38. The average molecular weight is 348 g/mol. The molecule has 0 aromatic carbocycles. The van der Waals surface area contributed by atoms with E-state index in [0.29, 0.717) is 6.04 Å². The average Bonchev–Trinajstić information content (AvgIpc) is 3.24. The van der Waals surface area contributed by atoms with Crippen molar-refractivity contribution in [3.05, 3.63) is 39.7 Å². The Balaban J connectivity index is 1.60. The van der Waals surface area contributed by atoms with Crippen LogP contribution in [0.3, 0.4) is 0 Å². The van der Waals surface area contributed by atoms with E-state index in [9.17, 15) is 0 Å². The van der Waals surface area contributed by atoms with Crippen LogP contribution in [0, 0.1) is 6.92 Å². The van der Waals surface area contributed by atoms with Crippen molar-refractivity contribution in [2.45, 2.75) is 58.5 Å². The van der Waals surface area contributed by atoms with Crippen molar-refractivity contribution in [1.82, 2.24) is 15.2 Å². The number of aromatic nitrogens is 1. The monoisotopic (exact) mass is 347 g/mol. The minimum Gasteiger partial charge on any atom is -0.465 e. The van der Waals surface area contributed by atoms with Gasteiger partial charge in [0.2, 0.25) is 0 Å². The van der Waals surface area contributed by atoms with Crippen LogP contribution in [0.1, 0.15) is 61.9 Å². The maximum absolute atomic E-state index is 5.91. The lowest BCUT2D eigenvalue weighted by Crippen LogP contribution is -2.33. The van der Waals surface area contributed by atoms with E-state index >= 15 is 0 Å². The number of hydrogen-bond acceptors (Lipinski definition) is 5. The molecule has 24 heavy (non-hydrogen) atoms. The molecule has 2 aromatic heterocycles. The number of rotatable bonds is 6. The zero-order chi connectivity index (χ0) is 17.2. The molecule has 1 fully saturated rings. The third-order valence-corrected chi connectivity index (χ3v) is 5.82. The summed E-state index contributed by atoms with van der Waals surface area (Å²) in [5.41, 5.74) is 1.27. The van der Waals surface area contributed by atoms with Crippen LogP contribution in [0.2, 0.25) is 0 Å². The van der Waals surface area contributed by atoms with Gasteiger partial charge in [-0.1, -0.05) is 20.8 Å². The summed E-state index contributed by atoms with van der Waals surface area (Å²) in [6.45, 7) is 12.7. The highest BCUT2D eigenvalue weighted by Gasteiger charge is 2.25. The summed E-state index contributed by atoms with van der Waals surface area (Å²) in [5, 5.41) is 6.98. The number of thiazole rings is 1. The van der Waals surface area contributed by atoms with Gasteiger partial charge in [-0.3, -0.25) is 4.90 Å². The predicted octanol–water partition coefficient (Wildman–Crippen LogP) is 4.27. The molecule has 0 bridgehead atoms. The van der Waals surface area contributed by atoms with Crippen molar-refractivity contribution in [3.63, 3.8) is 0 Å². The van der Waals surface area contributed by atoms with E-state index in [-0.39, 0.29) is 5.41 Å². The van der Waals surface area contributed by atoms with E-state index in [2.05, 4.69) is 48.5 Å². The highest BCUT2D eigenvalue weighted by Crippen LogP contribution is 2.27. The molecule has 3 rings (SSSR count). The summed E-state index contributed by atoms with van der Waals surface area (Å²) in [6.07, 6.45) is 2.58. The smallest absolute Gasteiger partial charge is 0.122 e. The lowest BCUT2D eigenvalue weighted by Gasteiger charge is -2.26. The van der Waals surface area contributed by atoms with Gasteiger partial charge in [-0.15, -0.1) is 11.3 Å². The second-order valence-electron chi connectivity index (χ2n) is 7.73. The van der Waals surface area contributed by atoms with Crippen LogP contribution in [0.15, 0.2) is 21.9 Å². The Morgan fingerprint density at radius 1 is 1.29 bits per heavy atom. The van der Waals surface area contributed by atoms with Crippen molar-refractivity contribution < 1.29 is 4.42 Å². The number of hydrogen-bond donors (Lipinski definition) is 1. The summed E-state index contributed by atoms with van der Waals surface area (Å²) in [5.74, 6) is 2.07. The largest absolute Gasteiger partial charge is 0.465 e. The first-order valence-corrected chi connectivity index (χ1v) is 9.77. The van der Waals surface area contributed by atoms with Crippen molar-refractivity contribution in [2.75, 3.05) is 19.6 Å². The zero-order valence-corrected chi connectivity index (χ0v) is 16.1. The molecule has 0 saturated carbocycles. The molecule has 1 saturated heterocycles. The van der Waals surface area contributed by atoms with E-state index in [4.69, 9.17) is 9.40 Å². The Morgan fingerprint density at radius 3 is 2.62 bits per heavy atom. The van der Waals surface area contributed by atoms with Gasteiger partial charge in [0.15, 0.2) is 0 Å².